The number of hydrogen-bond acceptors (Lipinski definition) is 4. The average Bonchev–Trinajstić information content (AvgIpc) is 3.14. The van der Waals surface area contributed by atoms with Gasteiger partial charge in [-0.2, -0.15) is 0 Å². The molecule has 3 nitrogen and oxygen atoms in total. The highest BCUT2D eigenvalue weighted by molar-refractivity contribution is 7.22. The van der Waals surface area contributed by atoms with Crippen molar-refractivity contribution in [2.45, 2.75) is 6.92 Å². The van der Waals surface area contributed by atoms with Crippen LogP contribution >= 0.6 is 11.3 Å². The predicted molar refractivity (Wildman–Crippen MR) is 84.1 cm³/mol. The van der Waals surface area contributed by atoms with Crippen LogP contribution in [0.4, 0.5) is 0 Å². The molecule has 0 aliphatic carbocycles. The van der Waals surface area contributed by atoms with Crippen LogP contribution in [0.1, 0.15) is 5.82 Å². The van der Waals surface area contributed by atoms with Gasteiger partial charge in [-0.3, -0.25) is 0 Å². The second kappa shape index (κ2) is 4.82. The van der Waals surface area contributed by atoms with Gasteiger partial charge in [0, 0.05) is 10.9 Å². The van der Waals surface area contributed by atoms with Crippen molar-refractivity contribution in [1.82, 2.24) is 9.97 Å². The van der Waals surface area contributed by atoms with E-state index < -0.39 is 0 Å². The number of thiophene rings is 1. The van der Waals surface area contributed by atoms with Gasteiger partial charge in [0.05, 0.1) is 11.1 Å². The molecule has 101 valence electrons. The number of nitrogens with zero attached hydrogens (tertiary/aromatic N) is 2. The molecule has 0 spiro atoms. The minimum Gasteiger partial charge on any atom is -0.463 e. The lowest BCUT2D eigenvalue weighted by Gasteiger charge is -2.02. The Morgan fingerprint density at radius 3 is 2.71 bits per heavy atom. The van der Waals surface area contributed by atoms with E-state index in [0.29, 0.717) is 0 Å². The molecule has 0 amide bonds. The van der Waals surface area contributed by atoms with E-state index in [2.05, 4.69) is 28.3 Å². The van der Waals surface area contributed by atoms with Crippen LogP contribution in [0.2, 0.25) is 0 Å². The molecular weight excluding hydrogens is 280 g/mol. The molecule has 0 bridgehead atoms. The molecule has 0 saturated heterocycles. The summed E-state index contributed by atoms with van der Waals surface area (Å²) in [4.78, 5) is 10.8. The standard InChI is InChI=1S/C17H11N2OS/c1-11-18-10-13-15(12-6-3-2-4-7-12)16(21-17(13)19-11)14-8-5-9-20-14/h2-9H,1H3. The third-order valence-electron chi connectivity index (χ3n) is 3.29. The summed E-state index contributed by atoms with van der Waals surface area (Å²) < 4.78 is 5.59. The van der Waals surface area contributed by atoms with Gasteiger partial charge in [-0.05, 0) is 24.6 Å². The van der Waals surface area contributed by atoms with Crippen molar-refractivity contribution < 1.29 is 4.42 Å². The monoisotopic (exact) mass is 291 g/mol. The number of furan rings is 1. The van der Waals surface area contributed by atoms with Crippen molar-refractivity contribution in [3.63, 3.8) is 0 Å². The fraction of sp³-hybridized carbons (Fsp3) is 0.0588. The van der Waals surface area contributed by atoms with E-state index in [9.17, 15) is 0 Å². The first-order valence-electron chi connectivity index (χ1n) is 6.61. The number of benzene rings is 1. The van der Waals surface area contributed by atoms with Gasteiger partial charge in [0.25, 0.3) is 0 Å². The van der Waals surface area contributed by atoms with Gasteiger partial charge < -0.3 is 4.42 Å². The summed E-state index contributed by atoms with van der Waals surface area (Å²) in [5.41, 5.74) is 2.21. The summed E-state index contributed by atoms with van der Waals surface area (Å²) in [6, 6.07) is 14.1. The first-order chi connectivity index (χ1) is 10.3. The second-order valence-corrected chi connectivity index (χ2v) is 5.71. The number of rotatable bonds is 2. The van der Waals surface area contributed by atoms with Crippen molar-refractivity contribution in [3.05, 3.63) is 60.7 Å². The van der Waals surface area contributed by atoms with E-state index in [1.54, 1.807) is 17.6 Å². The quantitative estimate of drug-likeness (QED) is 0.536. The third-order valence-corrected chi connectivity index (χ3v) is 4.39. The highest BCUT2D eigenvalue weighted by Crippen LogP contribution is 2.43. The summed E-state index contributed by atoms with van der Waals surface area (Å²) in [5.74, 6) is 1.58. The zero-order valence-electron chi connectivity index (χ0n) is 11.3. The zero-order valence-corrected chi connectivity index (χ0v) is 12.1. The summed E-state index contributed by atoms with van der Waals surface area (Å²) in [7, 11) is 0. The molecule has 3 aromatic heterocycles. The van der Waals surface area contributed by atoms with Crippen molar-refractivity contribution in [1.29, 1.82) is 0 Å². The van der Waals surface area contributed by atoms with Crippen LogP contribution < -0.4 is 0 Å². The highest BCUT2D eigenvalue weighted by atomic mass is 32.1. The van der Waals surface area contributed by atoms with Crippen LogP contribution in [0, 0.1) is 13.1 Å². The Morgan fingerprint density at radius 2 is 1.95 bits per heavy atom. The minimum atomic E-state index is 0.731. The fourth-order valence-electron chi connectivity index (χ4n) is 2.37. The van der Waals surface area contributed by atoms with Crippen LogP contribution in [0.3, 0.4) is 0 Å². The molecule has 21 heavy (non-hydrogen) atoms. The molecule has 1 aromatic carbocycles. The topological polar surface area (TPSA) is 38.9 Å². The maximum absolute atomic E-state index is 5.59. The molecular formula is C17H11N2OS. The van der Waals surface area contributed by atoms with Gasteiger partial charge in [-0.15, -0.1) is 11.3 Å². The summed E-state index contributed by atoms with van der Waals surface area (Å²) >= 11 is 1.61. The number of hydrogen-bond donors (Lipinski definition) is 0. The Bertz CT molecular complexity index is 895. The molecule has 0 atom stereocenters. The van der Waals surface area contributed by atoms with Gasteiger partial charge in [-0.1, -0.05) is 30.3 Å². The molecule has 4 rings (SSSR count). The van der Waals surface area contributed by atoms with E-state index >= 15 is 0 Å². The Balaban J connectivity index is 2.08. The molecule has 0 unspecified atom stereocenters. The zero-order chi connectivity index (χ0) is 14.2. The highest BCUT2D eigenvalue weighted by Gasteiger charge is 2.18. The lowest BCUT2D eigenvalue weighted by atomic mass is 10.0. The number of fused-ring (bicyclic) bond motifs is 1. The van der Waals surface area contributed by atoms with Crippen LogP contribution in [0.15, 0.2) is 53.1 Å². The molecule has 0 saturated carbocycles. The van der Waals surface area contributed by atoms with Crippen molar-refractivity contribution in [2.24, 2.45) is 0 Å². The Hall–Kier alpha value is -2.46. The fourth-order valence-corrected chi connectivity index (χ4v) is 3.53. The van der Waals surface area contributed by atoms with Gasteiger partial charge in [0.1, 0.15) is 22.6 Å². The van der Waals surface area contributed by atoms with Crippen LogP contribution in [0.5, 0.6) is 0 Å². The van der Waals surface area contributed by atoms with Gasteiger partial charge in [-0.25, -0.2) is 9.97 Å². The molecule has 4 aromatic rings. The molecule has 0 fully saturated rings. The third kappa shape index (κ3) is 2.04. The molecule has 1 radical (unpaired) electrons. The van der Waals surface area contributed by atoms with Crippen molar-refractivity contribution in [2.75, 3.05) is 0 Å². The first-order valence-corrected chi connectivity index (χ1v) is 7.43. The van der Waals surface area contributed by atoms with Crippen molar-refractivity contribution in [3.8, 4) is 21.8 Å². The Morgan fingerprint density at radius 1 is 1.10 bits per heavy atom. The smallest absolute Gasteiger partial charge is 0.144 e. The SMILES string of the molecule is Cc1n[c]c2c(-c3ccccc3)c(-c3ccco3)sc2n1. The van der Waals surface area contributed by atoms with E-state index in [0.717, 1.165) is 37.8 Å². The van der Waals surface area contributed by atoms with E-state index in [4.69, 9.17) is 4.42 Å². The van der Waals surface area contributed by atoms with Crippen LogP contribution in [-0.4, -0.2) is 9.97 Å². The average molecular weight is 291 g/mol. The van der Waals surface area contributed by atoms with E-state index in [1.807, 2.05) is 37.3 Å². The number of aromatic nitrogens is 2. The second-order valence-electron chi connectivity index (χ2n) is 4.71. The van der Waals surface area contributed by atoms with Gasteiger partial charge in [0.2, 0.25) is 0 Å². The number of aryl methyl sites for hydroxylation is 1. The first kappa shape index (κ1) is 12.3. The van der Waals surface area contributed by atoms with Gasteiger partial charge in [0.15, 0.2) is 0 Å². The summed E-state index contributed by atoms with van der Waals surface area (Å²) in [5, 5.41) is 0.947. The molecule has 0 aliphatic rings. The summed E-state index contributed by atoms with van der Waals surface area (Å²) in [6.07, 6.45) is 4.81. The minimum absolute atomic E-state index is 0.731. The predicted octanol–water partition coefficient (Wildman–Crippen LogP) is 4.73. The lowest BCUT2D eigenvalue weighted by molar-refractivity contribution is 0.584. The Labute approximate surface area is 125 Å². The van der Waals surface area contributed by atoms with Crippen LogP contribution in [-0.2, 0) is 0 Å². The largest absolute Gasteiger partial charge is 0.463 e. The van der Waals surface area contributed by atoms with Crippen molar-refractivity contribution >= 4 is 21.6 Å². The van der Waals surface area contributed by atoms with Crippen LogP contribution in [0.25, 0.3) is 32.0 Å². The van der Waals surface area contributed by atoms with E-state index in [-0.39, 0.29) is 0 Å². The summed E-state index contributed by atoms with van der Waals surface area (Å²) in [6.45, 7) is 1.88. The maximum Gasteiger partial charge on any atom is 0.144 e. The molecule has 4 heteroatoms. The maximum atomic E-state index is 5.59. The molecule has 3 heterocycles. The molecule has 0 N–H and O–H groups in total. The lowest BCUT2D eigenvalue weighted by Crippen LogP contribution is -1.86. The normalized spacial score (nSPS) is 11.1. The van der Waals surface area contributed by atoms with Gasteiger partial charge >= 0.3 is 0 Å². The molecule has 0 aliphatic heterocycles. The Kier molecular flexibility index (Phi) is 2.82. The van der Waals surface area contributed by atoms with E-state index in [1.165, 1.54) is 0 Å².